The van der Waals surface area contributed by atoms with E-state index in [2.05, 4.69) is 75.1 Å². The summed E-state index contributed by atoms with van der Waals surface area (Å²) in [5, 5.41) is 5.94. The van der Waals surface area contributed by atoms with Gasteiger partial charge in [0.2, 0.25) is 5.91 Å². The number of carbonyl (C=O) groups is 1. The van der Waals surface area contributed by atoms with Gasteiger partial charge in [0.25, 0.3) is 0 Å². The Labute approximate surface area is 213 Å². The van der Waals surface area contributed by atoms with E-state index in [1.807, 2.05) is 22.6 Å². The molecule has 0 bridgehead atoms. The Hall–Kier alpha value is -3.67. The molecule has 6 heteroatoms. The number of benzene rings is 2. The van der Waals surface area contributed by atoms with Crippen LogP contribution in [0.2, 0.25) is 0 Å². The summed E-state index contributed by atoms with van der Waals surface area (Å²) >= 11 is 0. The maximum atomic E-state index is 13.1. The van der Waals surface area contributed by atoms with E-state index < -0.39 is 0 Å². The van der Waals surface area contributed by atoms with Crippen LogP contribution in [-0.4, -0.2) is 51.8 Å². The number of aryl methyl sites for hydroxylation is 5. The van der Waals surface area contributed by atoms with E-state index in [1.54, 1.807) is 0 Å². The molecule has 2 aromatic heterocycles. The van der Waals surface area contributed by atoms with Gasteiger partial charge in [-0.25, -0.2) is 9.67 Å². The minimum Gasteiger partial charge on any atom is -0.368 e. The number of aromatic nitrogens is 3. The molecule has 1 aliphatic rings. The van der Waals surface area contributed by atoms with Crippen LogP contribution in [0.25, 0.3) is 16.7 Å². The van der Waals surface area contributed by atoms with E-state index in [4.69, 9.17) is 10.1 Å². The molecule has 1 saturated heterocycles. The number of rotatable bonds is 5. The predicted octanol–water partition coefficient (Wildman–Crippen LogP) is 5.24. The van der Waals surface area contributed by atoms with Gasteiger partial charge in [-0.1, -0.05) is 24.3 Å². The largest absolute Gasteiger partial charge is 0.368 e. The van der Waals surface area contributed by atoms with E-state index in [-0.39, 0.29) is 5.91 Å². The second kappa shape index (κ2) is 9.76. The second-order valence-electron chi connectivity index (χ2n) is 9.97. The van der Waals surface area contributed by atoms with Gasteiger partial charge in [0, 0.05) is 49.4 Å². The number of hydrogen-bond donors (Lipinski definition) is 0. The van der Waals surface area contributed by atoms with E-state index in [1.165, 1.54) is 27.9 Å². The molecule has 186 valence electrons. The van der Waals surface area contributed by atoms with E-state index in [0.717, 1.165) is 54.3 Å². The van der Waals surface area contributed by atoms with Crippen molar-refractivity contribution >= 4 is 22.6 Å². The van der Waals surface area contributed by atoms with Crippen LogP contribution in [0, 0.1) is 34.6 Å². The summed E-state index contributed by atoms with van der Waals surface area (Å²) in [6, 6.07) is 16.8. The zero-order chi connectivity index (χ0) is 25.4. The van der Waals surface area contributed by atoms with Crippen molar-refractivity contribution in [2.24, 2.45) is 0 Å². The maximum absolute atomic E-state index is 13.1. The molecule has 36 heavy (non-hydrogen) atoms. The first-order valence-corrected chi connectivity index (χ1v) is 12.8. The summed E-state index contributed by atoms with van der Waals surface area (Å²) in [6.45, 7) is 13.8. The van der Waals surface area contributed by atoms with Crippen molar-refractivity contribution in [2.45, 2.75) is 47.5 Å². The van der Waals surface area contributed by atoms with Gasteiger partial charge in [0.15, 0.2) is 5.65 Å². The predicted molar refractivity (Wildman–Crippen MR) is 146 cm³/mol. The molecule has 5 rings (SSSR count). The highest BCUT2D eigenvalue weighted by molar-refractivity contribution is 5.85. The average Bonchev–Trinajstić information content (AvgIpc) is 3.22. The third-order valence-corrected chi connectivity index (χ3v) is 7.65. The fourth-order valence-corrected chi connectivity index (χ4v) is 5.35. The quantitative estimate of drug-likeness (QED) is 0.391. The fourth-order valence-electron chi connectivity index (χ4n) is 5.35. The molecule has 0 saturated carbocycles. The highest BCUT2D eigenvalue weighted by Crippen LogP contribution is 2.29. The van der Waals surface area contributed by atoms with Gasteiger partial charge in [-0.2, -0.15) is 5.10 Å². The Kier molecular flexibility index (Phi) is 6.52. The zero-order valence-electron chi connectivity index (χ0n) is 22.0. The first kappa shape index (κ1) is 24.0. The van der Waals surface area contributed by atoms with E-state index in [0.29, 0.717) is 12.8 Å². The molecule has 0 aliphatic carbocycles. The summed E-state index contributed by atoms with van der Waals surface area (Å²) in [6.07, 6.45) is 1.21. The summed E-state index contributed by atoms with van der Waals surface area (Å²) in [5.41, 5.74) is 9.95. The van der Waals surface area contributed by atoms with Gasteiger partial charge in [-0.15, -0.1) is 0 Å². The SMILES string of the molecule is Cc1ccc(-n2nc(C)c3c(C)c(CCC(=O)N4CCN(c5ccccc5)CC4)c(C)nc32)cc1C. The average molecular weight is 482 g/mol. The standard InChI is InChI=1S/C30H35N5O/c1-20-11-12-26(19-21(20)2)35-30-29(24(5)32-35)22(3)27(23(4)31-30)13-14-28(36)34-17-15-33(16-18-34)25-9-7-6-8-10-25/h6-12,19H,13-18H2,1-5H3. The molecule has 0 N–H and O–H groups in total. The monoisotopic (exact) mass is 481 g/mol. The molecule has 0 radical (unpaired) electrons. The third-order valence-electron chi connectivity index (χ3n) is 7.65. The minimum absolute atomic E-state index is 0.226. The Morgan fingerprint density at radius 2 is 1.56 bits per heavy atom. The van der Waals surface area contributed by atoms with Crippen LogP contribution in [0.5, 0.6) is 0 Å². The molecule has 0 spiro atoms. The molecule has 6 nitrogen and oxygen atoms in total. The number of carbonyl (C=O) groups excluding carboxylic acids is 1. The lowest BCUT2D eigenvalue weighted by Gasteiger charge is -2.36. The lowest BCUT2D eigenvalue weighted by molar-refractivity contribution is -0.131. The highest BCUT2D eigenvalue weighted by Gasteiger charge is 2.23. The zero-order valence-corrected chi connectivity index (χ0v) is 22.0. The molecule has 1 amide bonds. The smallest absolute Gasteiger partial charge is 0.223 e. The number of nitrogens with zero attached hydrogens (tertiary/aromatic N) is 5. The fraction of sp³-hybridized carbons (Fsp3) is 0.367. The van der Waals surface area contributed by atoms with E-state index in [9.17, 15) is 4.79 Å². The molecular formula is C30H35N5O. The Morgan fingerprint density at radius 1 is 0.833 bits per heavy atom. The summed E-state index contributed by atoms with van der Waals surface area (Å²) < 4.78 is 1.96. The summed E-state index contributed by atoms with van der Waals surface area (Å²) in [5.74, 6) is 0.226. The lowest BCUT2D eigenvalue weighted by Crippen LogP contribution is -2.48. The molecule has 3 heterocycles. The molecule has 1 fully saturated rings. The number of amides is 1. The summed E-state index contributed by atoms with van der Waals surface area (Å²) in [4.78, 5) is 22.4. The number of pyridine rings is 1. The van der Waals surface area contributed by atoms with Crippen LogP contribution in [0.1, 0.15) is 40.1 Å². The van der Waals surface area contributed by atoms with Gasteiger partial charge in [-0.3, -0.25) is 4.79 Å². The van der Waals surface area contributed by atoms with Gasteiger partial charge in [-0.05, 0) is 87.6 Å². The molecule has 4 aromatic rings. The maximum Gasteiger partial charge on any atom is 0.223 e. The van der Waals surface area contributed by atoms with Crippen molar-refractivity contribution in [2.75, 3.05) is 31.1 Å². The van der Waals surface area contributed by atoms with Gasteiger partial charge in [0.05, 0.1) is 11.4 Å². The normalized spacial score (nSPS) is 14.0. The Bertz CT molecular complexity index is 1410. The van der Waals surface area contributed by atoms with Gasteiger partial charge in [0.1, 0.15) is 0 Å². The highest BCUT2D eigenvalue weighted by atomic mass is 16.2. The number of para-hydroxylation sites is 1. The van der Waals surface area contributed by atoms with Crippen molar-refractivity contribution < 1.29 is 4.79 Å². The van der Waals surface area contributed by atoms with Crippen molar-refractivity contribution in [3.8, 4) is 5.69 Å². The third kappa shape index (κ3) is 4.48. The van der Waals surface area contributed by atoms with Crippen LogP contribution in [0.15, 0.2) is 48.5 Å². The molecule has 0 atom stereocenters. The topological polar surface area (TPSA) is 54.3 Å². The number of piperazine rings is 1. The van der Waals surface area contributed by atoms with Gasteiger partial charge >= 0.3 is 0 Å². The van der Waals surface area contributed by atoms with Crippen LogP contribution in [-0.2, 0) is 11.2 Å². The first-order chi connectivity index (χ1) is 17.3. The van der Waals surface area contributed by atoms with Crippen LogP contribution < -0.4 is 4.90 Å². The summed E-state index contributed by atoms with van der Waals surface area (Å²) in [7, 11) is 0. The lowest BCUT2D eigenvalue weighted by atomic mass is 9.99. The Balaban J connectivity index is 1.32. The second-order valence-corrected chi connectivity index (χ2v) is 9.97. The van der Waals surface area contributed by atoms with Crippen LogP contribution in [0.3, 0.4) is 0 Å². The van der Waals surface area contributed by atoms with Gasteiger partial charge < -0.3 is 9.80 Å². The van der Waals surface area contributed by atoms with Crippen molar-refractivity contribution in [1.82, 2.24) is 19.7 Å². The van der Waals surface area contributed by atoms with Crippen molar-refractivity contribution in [3.63, 3.8) is 0 Å². The number of fused-ring (bicyclic) bond motifs is 1. The van der Waals surface area contributed by atoms with Crippen LogP contribution in [0.4, 0.5) is 5.69 Å². The Morgan fingerprint density at radius 3 is 2.25 bits per heavy atom. The van der Waals surface area contributed by atoms with Crippen molar-refractivity contribution in [1.29, 1.82) is 0 Å². The van der Waals surface area contributed by atoms with Crippen LogP contribution >= 0.6 is 0 Å². The molecule has 1 aliphatic heterocycles. The van der Waals surface area contributed by atoms with Crippen molar-refractivity contribution in [3.05, 3.63) is 82.2 Å². The first-order valence-electron chi connectivity index (χ1n) is 12.8. The van der Waals surface area contributed by atoms with E-state index >= 15 is 0 Å². The number of anilines is 1. The molecule has 0 unspecified atom stereocenters. The minimum atomic E-state index is 0.226. The molecule has 2 aromatic carbocycles. The molecular weight excluding hydrogens is 446 g/mol. The number of hydrogen-bond acceptors (Lipinski definition) is 4.